The van der Waals surface area contributed by atoms with Crippen LogP contribution in [-0.4, -0.2) is 14.2 Å². The van der Waals surface area contributed by atoms with Crippen LogP contribution < -0.4 is 15.2 Å². The molecule has 16 heavy (non-hydrogen) atoms. The summed E-state index contributed by atoms with van der Waals surface area (Å²) in [6.45, 7) is 2.02. The van der Waals surface area contributed by atoms with Gasteiger partial charge in [-0.15, -0.1) is 0 Å². The Balaban J connectivity index is 2.45. The van der Waals surface area contributed by atoms with E-state index in [1.165, 1.54) is 6.42 Å². The molecule has 2 N–H and O–H groups in total. The molecule has 2 rings (SSSR count). The largest absolute Gasteiger partial charge is 0.493 e. The Morgan fingerprint density at radius 1 is 1.19 bits per heavy atom. The summed E-state index contributed by atoms with van der Waals surface area (Å²) in [4.78, 5) is 0. The van der Waals surface area contributed by atoms with Crippen LogP contribution in [0.3, 0.4) is 0 Å². The Kier molecular flexibility index (Phi) is 2.80. The zero-order chi connectivity index (χ0) is 11.8. The van der Waals surface area contributed by atoms with Gasteiger partial charge in [0.15, 0.2) is 11.5 Å². The summed E-state index contributed by atoms with van der Waals surface area (Å²) < 4.78 is 10.7. The molecule has 1 saturated carbocycles. The molecule has 0 spiro atoms. The first-order chi connectivity index (χ1) is 7.60. The fourth-order valence-corrected chi connectivity index (χ4v) is 2.29. The molecule has 88 valence electrons. The minimum Gasteiger partial charge on any atom is -0.493 e. The summed E-state index contributed by atoms with van der Waals surface area (Å²) in [5, 5.41) is 0. The van der Waals surface area contributed by atoms with Gasteiger partial charge in [-0.2, -0.15) is 0 Å². The Bertz CT molecular complexity index is 397. The van der Waals surface area contributed by atoms with E-state index in [0.717, 1.165) is 35.5 Å². The molecular formula is C13H19NO2. The Morgan fingerprint density at radius 3 is 2.31 bits per heavy atom. The summed E-state index contributed by atoms with van der Waals surface area (Å²) in [6.07, 6.45) is 3.33. The highest BCUT2D eigenvalue weighted by Crippen LogP contribution is 2.42. The number of methoxy groups -OCH3 is 2. The van der Waals surface area contributed by atoms with E-state index in [9.17, 15) is 0 Å². The van der Waals surface area contributed by atoms with Crippen molar-refractivity contribution >= 4 is 0 Å². The second-order valence-electron chi connectivity index (χ2n) is 4.54. The van der Waals surface area contributed by atoms with E-state index >= 15 is 0 Å². The third-order valence-corrected chi connectivity index (χ3v) is 3.49. The molecule has 0 bridgehead atoms. The summed E-state index contributed by atoms with van der Waals surface area (Å²) >= 11 is 0. The van der Waals surface area contributed by atoms with Crippen molar-refractivity contribution < 1.29 is 9.47 Å². The first-order valence-electron chi connectivity index (χ1n) is 5.63. The van der Waals surface area contributed by atoms with Gasteiger partial charge >= 0.3 is 0 Å². The lowest BCUT2D eigenvalue weighted by Gasteiger charge is -2.39. The first-order valence-corrected chi connectivity index (χ1v) is 5.63. The molecule has 0 unspecified atom stereocenters. The van der Waals surface area contributed by atoms with Crippen LogP contribution in [0.5, 0.6) is 11.5 Å². The van der Waals surface area contributed by atoms with Gasteiger partial charge in [0.1, 0.15) is 0 Å². The minimum atomic E-state index is -0.149. The average Bonchev–Trinajstić information content (AvgIpc) is 2.24. The topological polar surface area (TPSA) is 44.5 Å². The minimum absolute atomic E-state index is 0.149. The van der Waals surface area contributed by atoms with Crippen LogP contribution in [-0.2, 0) is 5.54 Å². The van der Waals surface area contributed by atoms with Gasteiger partial charge in [0.05, 0.1) is 14.2 Å². The number of hydrogen-bond donors (Lipinski definition) is 1. The fraction of sp³-hybridized carbons (Fsp3) is 0.538. The molecule has 1 fully saturated rings. The van der Waals surface area contributed by atoms with Crippen molar-refractivity contribution in [2.45, 2.75) is 31.7 Å². The summed E-state index contributed by atoms with van der Waals surface area (Å²) in [5.41, 5.74) is 8.40. The van der Waals surface area contributed by atoms with Crippen molar-refractivity contribution in [3.63, 3.8) is 0 Å². The zero-order valence-electron chi connectivity index (χ0n) is 10.2. The lowest BCUT2D eigenvalue weighted by atomic mass is 9.72. The predicted octanol–water partition coefficient (Wildman–Crippen LogP) is 2.35. The second-order valence-corrected chi connectivity index (χ2v) is 4.54. The molecular weight excluding hydrogens is 202 g/mol. The van der Waals surface area contributed by atoms with Crippen LogP contribution in [0.25, 0.3) is 0 Å². The summed E-state index contributed by atoms with van der Waals surface area (Å²) in [6, 6.07) is 4.12. The number of ether oxygens (including phenoxy) is 2. The molecule has 0 atom stereocenters. The maximum absolute atomic E-state index is 6.31. The van der Waals surface area contributed by atoms with Crippen molar-refractivity contribution in [2.24, 2.45) is 5.73 Å². The van der Waals surface area contributed by atoms with E-state index in [0.29, 0.717) is 0 Å². The lowest BCUT2D eigenvalue weighted by molar-refractivity contribution is 0.251. The maximum atomic E-state index is 6.31. The molecule has 0 aliphatic heterocycles. The quantitative estimate of drug-likeness (QED) is 0.852. The second kappa shape index (κ2) is 3.98. The number of rotatable bonds is 3. The number of nitrogens with two attached hydrogens (primary N) is 1. The third-order valence-electron chi connectivity index (χ3n) is 3.49. The molecule has 0 heterocycles. The molecule has 0 aromatic heterocycles. The molecule has 0 radical (unpaired) electrons. The standard InChI is InChI=1S/C13H19NO2/c1-9-7-10(13(14)5-4-6-13)8-11(15-2)12(9)16-3/h7-8H,4-6,14H2,1-3H3. The van der Waals surface area contributed by atoms with E-state index in [1.807, 2.05) is 13.0 Å². The first kappa shape index (κ1) is 11.3. The lowest BCUT2D eigenvalue weighted by Crippen LogP contribution is -2.43. The molecule has 1 aromatic rings. The Morgan fingerprint density at radius 2 is 1.88 bits per heavy atom. The van der Waals surface area contributed by atoms with E-state index in [2.05, 4.69) is 6.07 Å². The number of aryl methyl sites for hydroxylation is 1. The molecule has 0 saturated heterocycles. The molecule has 3 nitrogen and oxygen atoms in total. The van der Waals surface area contributed by atoms with Gasteiger partial charge in [-0.25, -0.2) is 0 Å². The van der Waals surface area contributed by atoms with Gasteiger partial charge in [-0.1, -0.05) is 6.07 Å². The maximum Gasteiger partial charge on any atom is 0.163 e. The molecule has 1 aromatic carbocycles. The van der Waals surface area contributed by atoms with Gasteiger partial charge in [-0.3, -0.25) is 0 Å². The van der Waals surface area contributed by atoms with Crippen LogP contribution in [0, 0.1) is 6.92 Å². The summed E-state index contributed by atoms with van der Waals surface area (Å²) in [5.74, 6) is 1.57. The van der Waals surface area contributed by atoms with Crippen molar-refractivity contribution in [2.75, 3.05) is 14.2 Å². The molecule has 3 heteroatoms. The fourth-order valence-electron chi connectivity index (χ4n) is 2.29. The van der Waals surface area contributed by atoms with Crippen molar-refractivity contribution in [1.29, 1.82) is 0 Å². The number of benzene rings is 1. The van der Waals surface area contributed by atoms with E-state index in [4.69, 9.17) is 15.2 Å². The van der Waals surface area contributed by atoms with Gasteiger partial charge < -0.3 is 15.2 Å². The Hall–Kier alpha value is -1.22. The average molecular weight is 221 g/mol. The van der Waals surface area contributed by atoms with Gasteiger partial charge in [0, 0.05) is 5.54 Å². The predicted molar refractivity (Wildman–Crippen MR) is 64.0 cm³/mol. The van der Waals surface area contributed by atoms with E-state index < -0.39 is 0 Å². The van der Waals surface area contributed by atoms with Crippen LogP contribution >= 0.6 is 0 Å². The van der Waals surface area contributed by atoms with Gasteiger partial charge in [-0.05, 0) is 43.4 Å². The molecule has 1 aliphatic rings. The highest BCUT2D eigenvalue weighted by Gasteiger charge is 2.35. The monoisotopic (exact) mass is 221 g/mol. The highest BCUT2D eigenvalue weighted by atomic mass is 16.5. The smallest absolute Gasteiger partial charge is 0.163 e. The van der Waals surface area contributed by atoms with E-state index in [1.54, 1.807) is 14.2 Å². The van der Waals surface area contributed by atoms with Crippen LogP contribution in [0.1, 0.15) is 30.4 Å². The number of hydrogen-bond acceptors (Lipinski definition) is 3. The third kappa shape index (κ3) is 1.65. The van der Waals surface area contributed by atoms with Crippen LogP contribution in [0.2, 0.25) is 0 Å². The normalized spacial score (nSPS) is 17.8. The van der Waals surface area contributed by atoms with Crippen LogP contribution in [0.15, 0.2) is 12.1 Å². The van der Waals surface area contributed by atoms with Crippen LogP contribution in [0.4, 0.5) is 0 Å². The van der Waals surface area contributed by atoms with Crippen molar-refractivity contribution in [3.05, 3.63) is 23.3 Å². The molecule has 1 aliphatic carbocycles. The highest BCUT2D eigenvalue weighted by molar-refractivity contribution is 5.50. The Labute approximate surface area is 96.5 Å². The SMILES string of the molecule is COc1cc(C2(N)CCC2)cc(C)c1OC. The van der Waals surface area contributed by atoms with E-state index in [-0.39, 0.29) is 5.54 Å². The zero-order valence-corrected chi connectivity index (χ0v) is 10.2. The van der Waals surface area contributed by atoms with Gasteiger partial charge in [0.25, 0.3) is 0 Å². The van der Waals surface area contributed by atoms with Crippen molar-refractivity contribution in [3.8, 4) is 11.5 Å². The summed E-state index contributed by atoms with van der Waals surface area (Å²) in [7, 11) is 3.32. The molecule has 0 amide bonds. The van der Waals surface area contributed by atoms with Gasteiger partial charge in [0.2, 0.25) is 0 Å². The van der Waals surface area contributed by atoms with Crippen molar-refractivity contribution in [1.82, 2.24) is 0 Å².